The number of hydrogen-bond acceptors (Lipinski definition) is 2. The average Bonchev–Trinajstić information content (AvgIpc) is 2.75. The van der Waals surface area contributed by atoms with Gasteiger partial charge in [-0.2, -0.15) is 0 Å². The molecule has 1 heterocycles. The smallest absolute Gasteiger partial charge is 0.0555 e. The van der Waals surface area contributed by atoms with Crippen LogP contribution in [0.1, 0.15) is 18.0 Å². The van der Waals surface area contributed by atoms with E-state index in [4.69, 9.17) is 11.6 Å². The molecule has 2 nitrogen and oxygen atoms in total. The molecular formula is C17H19ClN2. The SMILES string of the molecule is Clc1ccc([C@H]2CCNCCN2c2ccccc2)cc1. The molecule has 1 aliphatic heterocycles. The van der Waals surface area contributed by atoms with E-state index in [1.165, 1.54) is 11.3 Å². The van der Waals surface area contributed by atoms with E-state index in [-0.39, 0.29) is 0 Å². The van der Waals surface area contributed by atoms with E-state index in [1.807, 2.05) is 12.1 Å². The van der Waals surface area contributed by atoms with Gasteiger partial charge in [-0.25, -0.2) is 0 Å². The molecule has 0 amide bonds. The van der Waals surface area contributed by atoms with Crippen molar-refractivity contribution in [2.24, 2.45) is 0 Å². The van der Waals surface area contributed by atoms with Gasteiger partial charge in [-0.05, 0) is 42.8 Å². The lowest BCUT2D eigenvalue weighted by molar-refractivity contribution is 0.617. The summed E-state index contributed by atoms with van der Waals surface area (Å²) in [6.45, 7) is 3.10. The summed E-state index contributed by atoms with van der Waals surface area (Å²) in [6, 6.07) is 19.3. The molecule has 0 radical (unpaired) electrons. The zero-order valence-electron chi connectivity index (χ0n) is 11.4. The summed E-state index contributed by atoms with van der Waals surface area (Å²) in [5.74, 6) is 0. The van der Waals surface area contributed by atoms with Gasteiger partial charge < -0.3 is 10.2 Å². The van der Waals surface area contributed by atoms with Crippen molar-refractivity contribution in [1.29, 1.82) is 0 Å². The Morgan fingerprint density at radius 3 is 2.45 bits per heavy atom. The number of rotatable bonds is 2. The summed E-state index contributed by atoms with van der Waals surface area (Å²) in [4.78, 5) is 2.49. The first kappa shape index (κ1) is 13.5. The zero-order valence-corrected chi connectivity index (χ0v) is 12.2. The van der Waals surface area contributed by atoms with Gasteiger partial charge in [0.05, 0.1) is 6.04 Å². The van der Waals surface area contributed by atoms with Crippen molar-refractivity contribution >= 4 is 17.3 Å². The van der Waals surface area contributed by atoms with Crippen LogP contribution in [0.5, 0.6) is 0 Å². The fraction of sp³-hybridized carbons (Fsp3) is 0.294. The molecule has 1 aliphatic rings. The summed E-state index contributed by atoms with van der Waals surface area (Å²) >= 11 is 6.01. The van der Waals surface area contributed by atoms with E-state index in [0.29, 0.717) is 6.04 Å². The molecule has 0 aromatic heterocycles. The fourth-order valence-electron chi connectivity index (χ4n) is 2.84. The first-order chi connectivity index (χ1) is 9.84. The second-order valence-electron chi connectivity index (χ2n) is 5.13. The van der Waals surface area contributed by atoms with Gasteiger partial charge in [-0.15, -0.1) is 0 Å². The molecule has 1 atom stereocenters. The van der Waals surface area contributed by atoms with Crippen molar-refractivity contribution in [3.05, 3.63) is 65.2 Å². The first-order valence-corrected chi connectivity index (χ1v) is 7.50. The van der Waals surface area contributed by atoms with Gasteiger partial charge in [-0.1, -0.05) is 41.9 Å². The van der Waals surface area contributed by atoms with Gasteiger partial charge >= 0.3 is 0 Å². The summed E-state index contributed by atoms with van der Waals surface area (Å²) < 4.78 is 0. The van der Waals surface area contributed by atoms with Crippen molar-refractivity contribution in [1.82, 2.24) is 5.32 Å². The Morgan fingerprint density at radius 2 is 1.70 bits per heavy atom. The maximum absolute atomic E-state index is 6.01. The molecule has 1 N–H and O–H groups in total. The van der Waals surface area contributed by atoms with Gasteiger partial charge in [0.15, 0.2) is 0 Å². The average molecular weight is 287 g/mol. The lowest BCUT2D eigenvalue weighted by atomic mass is 10.0. The highest BCUT2D eigenvalue weighted by molar-refractivity contribution is 6.30. The van der Waals surface area contributed by atoms with Gasteiger partial charge in [-0.3, -0.25) is 0 Å². The summed E-state index contributed by atoms with van der Waals surface area (Å²) in [7, 11) is 0. The van der Waals surface area contributed by atoms with Crippen molar-refractivity contribution < 1.29 is 0 Å². The highest BCUT2D eigenvalue weighted by Gasteiger charge is 2.22. The monoisotopic (exact) mass is 286 g/mol. The molecule has 2 aromatic carbocycles. The number of halogens is 1. The second-order valence-corrected chi connectivity index (χ2v) is 5.57. The summed E-state index contributed by atoms with van der Waals surface area (Å²) in [5, 5.41) is 4.29. The molecule has 1 fully saturated rings. The Labute approximate surface area is 125 Å². The highest BCUT2D eigenvalue weighted by atomic mass is 35.5. The first-order valence-electron chi connectivity index (χ1n) is 7.12. The third-order valence-electron chi connectivity index (χ3n) is 3.84. The number of nitrogens with one attached hydrogen (secondary N) is 1. The predicted molar refractivity (Wildman–Crippen MR) is 85.5 cm³/mol. The number of benzene rings is 2. The standard InChI is InChI=1S/C17H19ClN2/c18-15-8-6-14(7-9-15)17-10-11-19-12-13-20(17)16-4-2-1-3-5-16/h1-9,17,19H,10-13H2/t17-/m1/s1. The Hall–Kier alpha value is -1.51. The van der Waals surface area contributed by atoms with Gasteiger partial charge in [0.25, 0.3) is 0 Å². The minimum atomic E-state index is 0.407. The number of nitrogens with zero attached hydrogens (tertiary/aromatic N) is 1. The lowest BCUT2D eigenvalue weighted by Gasteiger charge is -2.32. The lowest BCUT2D eigenvalue weighted by Crippen LogP contribution is -2.30. The van der Waals surface area contributed by atoms with Crippen LogP contribution in [0.25, 0.3) is 0 Å². The molecule has 20 heavy (non-hydrogen) atoms. The Balaban J connectivity index is 1.93. The van der Waals surface area contributed by atoms with E-state index >= 15 is 0 Å². The van der Waals surface area contributed by atoms with Gasteiger partial charge in [0.2, 0.25) is 0 Å². The normalized spacial score (nSPS) is 19.6. The quantitative estimate of drug-likeness (QED) is 0.901. The largest absolute Gasteiger partial charge is 0.363 e. The molecular weight excluding hydrogens is 268 g/mol. The van der Waals surface area contributed by atoms with Crippen LogP contribution in [0.4, 0.5) is 5.69 Å². The van der Waals surface area contributed by atoms with E-state index in [2.05, 4.69) is 52.7 Å². The molecule has 0 spiro atoms. The summed E-state index contributed by atoms with van der Waals surface area (Å²) in [6.07, 6.45) is 1.11. The molecule has 0 aliphatic carbocycles. The molecule has 1 saturated heterocycles. The highest BCUT2D eigenvalue weighted by Crippen LogP contribution is 2.30. The van der Waals surface area contributed by atoms with E-state index in [9.17, 15) is 0 Å². The third-order valence-corrected chi connectivity index (χ3v) is 4.09. The van der Waals surface area contributed by atoms with Crippen LogP contribution in [0.2, 0.25) is 5.02 Å². The molecule has 104 valence electrons. The van der Waals surface area contributed by atoms with Gasteiger partial charge in [0.1, 0.15) is 0 Å². The Bertz CT molecular complexity index is 539. The zero-order chi connectivity index (χ0) is 13.8. The topological polar surface area (TPSA) is 15.3 Å². The predicted octanol–water partition coefficient (Wildman–Crippen LogP) is 3.88. The third kappa shape index (κ3) is 2.97. The van der Waals surface area contributed by atoms with E-state index in [0.717, 1.165) is 31.1 Å². The number of anilines is 1. The van der Waals surface area contributed by atoms with Crippen LogP contribution in [0.3, 0.4) is 0 Å². The maximum atomic E-state index is 6.01. The van der Waals surface area contributed by atoms with Crippen molar-refractivity contribution in [3.8, 4) is 0 Å². The number of para-hydroxylation sites is 1. The van der Waals surface area contributed by atoms with E-state index < -0.39 is 0 Å². The molecule has 0 bridgehead atoms. The molecule has 0 unspecified atom stereocenters. The molecule has 0 saturated carbocycles. The summed E-state index contributed by atoms with van der Waals surface area (Å²) in [5.41, 5.74) is 2.62. The minimum Gasteiger partial charge on any atom is -0.363 e. The molecule has 3 heteroatoms. The van der Waals surface area contributed by atoms with Crippen LogP contribution < -0.4 is 10.2 Å². The van der Waals surface area contributed by atoms with Crippen LogP contribution >= 0.6 is 11.6 Å². The maximum Gasteiger partial charge on any atom is 0.0555 e. The Morgan fingerprint density at radius 1 is 0.950 bits per heavy atom. The minimum absolute atomic E-state index is 0.407. The van der Waals surface area contributed by atoms with E-state index in [1.54, 1.807) is 0 Å². The van der Waals surface area contributed by atoms with Crippen molar-refractivity contribution in [3.63, 3.8) is 0 Å². The van der Waals surface area contributed by atoms with Crippen molar-refractivity contribution in [2.45, 2.75) is 12.5 Å². The van der Waals surface area contributed by atoms with Gasteiger partial charge in [0, 0.05) is 23.8 Å². The van der Waals surface area contributed by atoms with Crippen LogP contribution in [-0.2, 0) is 0 Å². The van der Waals surface area contributed by atoms with Crippen LogP contribution in [-0.4, -0.2) is 19.6 Å². The molecule has 2 aromatic rings. The molecule has 3 rings (SSSR count). The second kappa shape index (κ2) is 6.29. The Kier molecular flexibility index (Phi) is 4.24. The fourth-order valence-corrected chi connectivity index (χ4v) is 2.96. The van der Waals surface area contributed by atoms with Crippen LogP contribution in [0.15, 0.2) is 54.6 Å². The van der Waals surface area contributed by atoms with Crippen molar-refractivity contribution in [2.75, 3.05) is 24.5 Å². The number of hydrogen-bond donors (Lipinski definition) is 1. The van der Waals surface area contributed by atoms with Crippen LogP contribution in [0, 0.1) is 0 Å².